The quantitative estimate of drug-likeness (QED) is 0.789. The van der Waals surface area contributed by atoms with Gasteiger partial charge in [-0.15, -0.1) is 0 Å². The molecular formula is C14H20N2O4. The van der Waals surface area contributed by atoms with Crippen LogP contribution in [0.15, 0.2) is 22.8 Å². The molecule has 1 fully saturated rings. The molecule has 1 heterocycles. The van der Waals surface area contributed by atoms with Gasteiger partial charge >= 0.3 is 12.0 Å². The number of amides is 2. The highest BCUT2D eigenvalue weighted by Gasteiger charge is 2.45. The third-order valence-corrected chi connectivity index (χ3v) is 4.07. The van der Waals surface area contributed by atoms with Gasteiger partial charge in [0.1, 0.15) is 5.76 Å². The molecule has 0 aliphatic heterocycles. The number of furan rings is 1. The molecule has 6 nitrogen and oxygen atoms in total. The maximum Gasteiger partial charge on any atom is 0.315 e. The van der Waals surface area contributed by atoms with E-state index in [0.717, 1.165) is 6.42 Å². The standard InChI is InChI=1S/C14H20N2O4/c1-9(10-5-4-8-20-10)15-13(19)16-11-6-3-7-14(11,2)12(17)18/h4-5,8-9,11H,3,6-7H2,1-2H3,(H,17,18)(H2,15,16,19). The summed E-state index contributed by atoms with van der Waals surface area (Å²) < 4.78 is 5.21. The minimum atomic E-state index is -0.884. The zero-order valence-corrected chi connectivity index (χ0v) is 11.7. The van der Waals surface area contributed by atoms with Gasteiger partial charge in [0.15, 0.2) is 0 Å². The lowest BCUT2D eigenvalue weighted by atomic mass is 9.85. The molecule has 0 spiro atoms. The summed E-state index contributed by atoms with van der Waals surface area (Å²) in [7, 11) is 0. The highest BCUT2D eigenvalue weighted by Crippen LogP contribution is 2.38. The number of carbonyl (C=O) groups excluding carboxylic acids is 1. The van der Waals surface area contributed by atoms with Gasteiger partial charge in [0, 0.05) is 6.04 Å². The lowest BCUT2D eigenvalue weighted by Crippen LogP contribution is -2.50. The first-order chi connectivity index (χ1) is 9.43. The smallest absolute Gasteiger partial charge is 0.315 e. The second-order valence-electron chi connectivity index (χ2n) is 5.52. The molecule has 0 aromatic carbocycles. The number of urea groups is 1. The number of nitrogens with one attached hydrogen (secondary N) is 2. The van der Waals surface area contributed by atoms with Crippen molar-refractivity contribution in [1.29, 1.82) is 0 Å². The lowest BCUT2D eigenvalue weighted by Gasteiger charge is -2.28. The lowest BCUT2D eigenvalue weighted by molar-refractivity contribution is -0.148. The van der Waals surface area contributed by atoms with E-state index >= 15 is 0 Å². The normalized spacial score (nSPS) is 27.0. The second-order valence-corrected chi connectivity index (χ2v) is 5.52. The van der Waals surface area contributed by atoms with E-state index in [4.69, 9.17) is 4.42 Å². The number of aliphatic carboxylic acids is 1. The first-order valence-corrected chi connectivity index (χ1v) is 6.77. The molecule has 1 aliphatic carbocycles. The van der Waals surface area contributed by atoms with Crippen molar-refractivity contribution in [2.45, 2.75) is 45.2 Å². The first-order valence-electron chi connectivity index (χ1n) is 6.77. The Labute approximate surface area is 117 Å². The Kier molecular flexibility index (Phi) is 4.01. The topological polar surface area (TPSA) is 91.6 Å². The summed E-state index contributed by atoms with van der Waals surface area (Å²) in [4.78, 5) is 23.3. The molecule has 0 radical (unpaired) electrons. The van der Waals surface area contributed by atoms with Crippen LogP contribution in [-0.4, -0.2) is 23.1 Å². The zero-order valence-electron chi connectivity index (χ0n) is 11.7. The summed E-state index contributed by atoms with van der Waals surface area (Å²) in [5, 5.41) is 14.8. The predicted octanol–water partition coefficient (Wildman–Crippen LogP) is 2.28. The van der Waals surface area contributed by atoms with E-state index in [1.807, 2.05) is 6.92 Å². The Morgan fingerprint density at radius 3 is 2.90 bits per heavy atom. The summed E-state index contributed by atoms with van der Waals surface area (Å²) in [6, 6.07) is 2.56. The van der Waals surface area contributed by atoms with Gasteiger partial charge in [0.25, 0.3) is 0 Å². The van der Waals surface area contributed by atoms with Crippen molar-refractivity contribution >= 4 is 12.0 Å². The first kappa shape index (κ1) is 14.4. The number of hydrogen-bond acceptors (Lipinski definition) is 3. The molecular weight excluding hydrogens is 260 g/mol. The third kappa shape index (κ3) is 2.79. The summed E-state index contributed by atoms with van der Waals surface area (Å²) >= 11 is 0. The van der Waals surface area contributed by atoms with Gasteiger partial charge in [-0.05, 0) is 38.8 Å². The maximum atomic E-state index is 12.0. The Hall–Kier alpha value is -1.98. The van der Waals surface area contributed by atoms with E-state index in [-0.39, 0.29) is 18.1 Å². The number of carbonyl (C=O) groups is 2. The zero-order chi connectivity index (χ0) is 14.8. The SMILES string of the molecule is CC(NC(=O)NC1CCCC1(C)C(=O)O)c1ccco1. The van der Waals surface area contributed by atoms with Gasteiger partial charge in [0.05, 0.1) is 17.7 Å². The Bertz CT molecular complexity index is 485. The highest BCUT2D eigenvalue weighted by atomic mass is 16.4. The van der Waals surface area contributed by atoms with E-state index in [1.54, 1.807) is 25.3 Å². The van der Waals surface area contributed by atoms with Crippen LogP contribution in [0.5, 0.6) is 0 Å². The minimum Gasteiger partial charge on any atom is -0.481 e. The van der Waals surface area contributed by atoms with E-state index in [0.29, 0.717) is 18.6 Å². The second kappa shape index (κ2) is 5.56. The summed E-state index contributed by atoms with van der Waals surface area (Å²) in [6.45, 7) is 3.49. The van der Waals surface area contributed by atoms with Crippen LogP contribution in [0.25, 0.3) is 0 Å². The number of carboxylic acid groups (broad SMARTS) is 1. The van der Waals surface area contributed by atoms with Crippen molar-refractivity contribution in [1.82, 2.24) is 10.6 Å². The van der Waals surface area contributed by atoms with E-state index < -0.39 is 11.4 Å². The van der Waals surface area contributed by atoms with Crippen LogP contribution < -0.4 is 10.6 Å². The maximum absolute atomic E-state index is 12.0. The molecule has 20 heavy (non-hydrogen) atoms. The molecule has 1 aromatic rings. The van der Waals surface area contributed by atoms with Crippen LogP contribution in [0.3, 0.4) is 0 Å². The molecule has 2 amide bonds. The monoisotopic (exact) mass is 280 g/mol. The summed E-state index contributed by atoms with van der Waals surface area (Å²) in [5.74, 6) is -0.202. The molecule has 3 atom stereocenters. The molecule has 1 aliphatic rings. The average molecular weight is 280 g/mol. The fourth-order valence-corrected chi connectivity index (χ4v) is 2.66. The molecule has 1 aromatic heterocycles. The van der Waals surface area contributed by atoms with Gasteiger partial charge in [-0.1, -0.05) is 6.42 Å². The average Bonchev–Trinajstić information content (AvgIpc) is 3.00. The third-order valence-electron chi connectivity index (χ3n) is 4.07. The van der Waals surface area contributed by atoms with Crippen molar-refractivity contribution in [3.05, 3.63) is 24.2 Å². The molecule has 3 unspecified atom stereocenters. The van der Waals surface area contributed by atoms with Crippen LogP contribution in [0.2, 0.25) is 0 Å². The largest absolute Gasteiger partial charge is 0.481 e. The Morgan fingerprint density at radius 2 is 2.30 bits per heavy atom. The fourth-order valence-electron chi connectivity index (χ4n) is 2.66. The molecule has 1 saturated carbocycles. The van der Waals surface area contributed by atoms with Crippen molar-refractivity contribution in [3.63, 3.8) is 0 Å². The van der Waals surface area contributed by atoms with Crippen molar-refractivity contribution in [2.75, 3.05) is 0 Å². The molecule has 0 saturated heterocycles. The fraction of sp³-hybridized carbons (Fsp3) is 0.571. The van der Waals surface area contributed by atoms with Gasteiger partial charge in [0.2, 0.25) is 0 Å². The van der Waals surface area contributed by atoms with Gasteiger partial charge in [-0.25, -0.2) is 4.79 Å². The predicted molar refractivity (Wildman–Crippen MR) is 72.2 cm³/mol. The highest BCUT2D eigenvalue weighted by molar-refractivity contribution is 5.79. The molecule has 6 heteroatoms. The number of carboxylic acids is 1. The van der Waals surface area contributed by atoms with E-state index in [9.17, 15) is 14.7 Å². The van der Waals surface area contributed by atoms with Crippen LogP contribution >= 0.6 is 0 Å². The van der Waals surface area contributed by atoms with Crippen molar-refractivity contribution in [3.8, 4) is 0 Å². The molecule has 110 valence electrons. The van der Waals surface area contributed by atoms with Gasteiger partial charge in [-0.2, -0.15) is 0 Å². The Morgan fingerprint density at radius 1 is 1.55 bits per heavy atom. The van der Waals surface area contributed by atoms with Gasteiger partial charge < -0.3 is 20.2 Å². The Balaban J connectivity index is 1.93. The van der Waals surface area contributed by atoms with Gasteiger partial charge in [-0.3, -0.25) is 4.79 Å². The minimum absolute atomic E-state index is 0.262. The van der Waals surface area contributed by atoms with Crippen molar-refractivity contribution in [2.24, 2.45) is 5.41 Å². The van der Waals surface area contributed by atoms with Crippen molar-refractivity contribution < 1.29 is 19.1 Å². The molecule has 0 bridgehead atoms. The van der Waals surface area contributed by atoms with Crippen LogP contribution in [0.4, 0.5) is 4.79 Å². The van der Waals surface area contributed by atoms with Crippen LogP contribution in [-0.2, 0) is 4.79 Å². The van der Waals surface area contributed by atoms with E-state index in [2.05, 4.69) is 10.6 Å². The molecule has 2 rings (SSSR count). The van der Waals surface area contributed by atoms with Crippen LogP contribution in [0, 0.1) is 5.41 Å². The number of rotatable bonds is 4. The summed E-state index contributed by atoms with van der Waals surface area (Å²) in [5.41, 5.74) is -0.884. The molecule has 3 N–H and O–H groups in total. The van der Waals surface area contributed by atoms with E-state index in [1.165, 1.54) is 0 Å². The number of hydrogen-bond donors (Lipinski definition) is 3. The summed E-state index contributed by atoms with van der Waals surface area (Å²) in [6.07, 6.45) is 3.62. The van der Waals surface area contributed by atoms with Crippen LogP contribution in [0.1, 0.15) is 44.9 Å².